The van der Waals surface area contributed by atoms with E-state index in [0.717, 1.165) is 0 Å². The lowest BCUT2D eigenvalue weighted by atomic mass is 9.30. The van der Waals surface area contributed by atoms with Crippen LogP contribution in [0.15, 0.2) is 71.3 Å². The predicted molar refractivity (Wildman–Crippen MR) is 197 cm³/mol. The van der Waals surface area contributed by atoms with Crippen molar-refractivity contribution in [3.8, 4) is 0 Å². The molecule has 43 heavy (non-hydrogen) atoms. The first-order chi connectivity index (χ1) is 20.3. The standard InChI is InChI=1S/C40H52B2S/c1-23-15-27(5)37(28(6)16-23)41(38-29(7)17-24(2)18-30(38)8)35-13-14-36(43-35)42(39-31(9)19-25(3)20-32(39)10)40-33(11)21-26(4)22-34(40)12/h13-21,27,33-34,37,40H,22H2,1-12H3. The van der Waals surface area contributed by atoms with Gasteiger partial charge >= 0.3 is 0 Å². The summed E-state index contributed by atoms with van der Waals surface area (Å²) in [6.45, 7) is 29.0. The third kappa shape index (κ3) is 6.22. The number of allylic oxidation sites excluding steroid dienone is 6. The van der Waals surface area contributed by atoms with Crippen molar-refractivity contribution >= 4 is 45.2 Å². The summed E-state index contributed by atoms with van der Waals surface area (Å²) < 4.78 is 3.07. The Kier molecular flexibility index (Phi) is 9.25. The number of rotatable bonds is 6. The molecule has 5 rings (SSSR count). The van der Waals surface area contributed by atoms with Crippen molar-refractivity contribution in [1.82, 2.24) is 0 Å². The zero-order valence-electron chi connectivity index (χ0n) is 28.9. The van der Waals surface area contributed by atoms with Gasteiger partial charge in [0, 0.05) is 0 Å². The van der Waals surface area contributed by atoms with Gasteiger partial charge in [-0.25, -0.2) is 0 Å². The second-order valence-electron chi connectivity index (χ2n) is 14.6. The van der Waals surface area contributed by atoms with Crippen LogP contribution >= 0.6 is 11.3 Å². The van der Waals surface area contributed by atoms with E-state index in [4.69, 9.17) is 0 Å². The molecule has 0 saturated carbocycles. The van der Waals surface area contributed by atoms with Crippen LogP contribution in [0.4, 0.5) is 0 Å². The van der Waals surface area contributed by atoms with Gasteiger partial charge in [-0.3, -0.25) is 0 Å². The van der Waals surface area contributed by atoms with Crippen molar-refractivity contribution in [2.24, 2.45) is 17.8 Å². The van der Waals surface area contributed by atoms with Crippen LogP contribution in [-0.2, 0) is 0 Å². The maximum atomic E-state index is 2.57. The highest BCUT2D eigenvalue weighted by Crippen LogP contribution is 2.41. The highest BCUT2D eigenvalue weighted by atomic mass is 32.1. The Labute approximate surface area is 268 Å². The van der Waals surface area contributed by atoms with Crippen LogP contribution in [0.3, 0.4) is 0 Å². The molecule has 2 aromatic carbocycles. The van der Waals surface area contributed by atoms with E-state index in [1.807, 2.05) is 0 Å². The first kappa shape index (κ1) is 31.9. The van der Waals surface area contributed by atoms with Crippen LogP contribution in [0.5, 0.6) is 0 Å². The second-order valence-corrected chi connectivity index (χ2v) is 15.8. The highest BCUT2D eigenvalue weighted by Gasteiger charge is 2.42. The summed E-state index contributed by atoms with van der Waals surface area (Å²) in [4.78, 5) is 0. The average Bonchev–Trinajstić information content (AvgIpc) is 3.34. The molecule has 0 spiro atoms. The molecule has 0 aliphatic heterocycles. The normalized spacial score (nSPS) is 23.9. The van der Waals surface area contributed by atoms with Crippen LogP contribution in [0.25, 0.3) is 0 Å². The van der Waals surface area contributed by atoms with Crippen LogP contribution < -0.4 is 20.5 Å². The highest BCUT2D eigenvalue weighted by molar-refractivity contribution is 7.34. The Balaban J connectivity index is 1.72. The molecule has 3 heteroatoms. The summed E-state index contributed by atoms with van der Waals surface area (Å²) in [6.07, 6.45) is 8.71. The van der Waals surface area contributed by atoms with Crippen LogP contribution in [-0.4, -0.2) is 13.4 Å². The Morgan fingerprint density at radius 3 is 1.60 bits per heavy atom. The van der Waals surface area contributed by atoms with Crippen LogP contribution in [0, 0.1) is 59.3 Å². The molecule has 0 saturated heterocycles. The van der Waals surface area contributed by atoms with E-state index in [2.05, 4.69) is 149 Å². The number of hydrogen-bond acceptors (Lipinski definition) is 1. The predicted octanol–water partition coefficient (Wildman–Crippen LogP) is 8.72. The first-order valence-electron chi connectivity index (χ1n) is 16.6. The van der Waals surface area contributed by atoms with Crippen LogP contribution in [0.2, 0.25) is 11.6 Å². The molecular weight excluding hydrogens is 534 g/mol. The minimum Gasteiger partial charge on any atom is -0.164 e. The van der Waals surface area contributed by atoms with Gasteiger partial charge < -0.3 is 0 Å². The quantitative estimate of drug-likeness (QED) is 0.200. The van der Waals surface area contributed by atoms with Gasteiger partial charge in [0.05, 0.1) is 0 Å². The molecule has 3 aromatic rings. The molecular formula is C40H52B2S. The molecule has 0 amide bonds. The fourth-order valence-electron chi connectivity index (χ4n) is 9.51. The van der Waals surface area contributed by atoms with Crippen molar-refractivity contribution in [2.45, 2.75) is 101 Å². The smallest absolute Gasteiger partial charge is 0.164 e. The van der Waals surface area contributed by atoms with E-state index in [1.165, 1.54) is 61.2 Å². The van der Waals surface area contributed by atoms with Crippen molar-refractivity contribution in [2.75, 3.05) is 0 Å². The molecule has 224 valence electrons. The first-order valence-corrected chi connectivity index (χ1v) is 17.4. The third-order valence-electron chi connectivity index (χ3n) is 10.6. The number of benzene rings is 2. The molecule has 2 aliphatic carbocycles. The second kappa shape index (κ2) is 12.5. The Morgan fingerprint density at radius 2 is 1.12 bits per heavy atom. The zero-order chi connectivity index (χ0) is 31.3. The topological polar surface area (TPSA) is 0 Å². The van der Waals surface area contributed by atoms with Crippen molar-refractivity contribution in [3.05, 3.63) is 105 Å². The summed E-state index contributed by atoms with van der Waals surface area (Å²) in [5.74, 6) is 2.72. The van der Waals surface area contributed by atoms with Gasteiger partial charge in [0.15, 0.2) is 0 Å². The van der Waals surface area contributed by atoms with E-state index in [-0.39, 0.29) is 0 Å². The van der Waals surface area contributed by atoms with E-state index >= 15 is 0 Å². The molecule has 1 aromatic heterocycles. The van der Waals surface area contributed by atoms with Gasteiger partial charge in [-0.2, -0.15) is 11.3 Å². The number of thiophene rings is 1. The largest absolute Gasteiger partial charge is 0.230 e. The van der Waals surface area contributed by atoms with Crippen molar-refractivity contribution in [3.63, 3.8) is 0 Å². The summed E-state index contributed by atoms with van der Waals surface area (Å²) in [6, 6.07) is 14.7. The molecule has 1 heterocycles. The Morgan fingerprint density at radius 1 is 0.628 bits per heavy atom. The summed E-state index contributed by atoms with van der Waals surface area (Å²) in [5.41, 5.74) is 16.1. The van der Waals surface area contributed by atoms with Gasteiger partial charge in [-0.15, -0.1) is 0 Å². The lowest BCUT2D eigenvalue weighted by Gasteiger charge is -2.38. The number of hydrogen-bond donors (Lipinski definition) is 0. The molecule has 5 atom stereocenters. The van der Waals surface area contributed by atoms with Crippen molar-refractivity contribution in [1.29, 1.82) is 0 Å². The minimum atomic E-state index is 0.346. The van der Waals surface area contributed by atoms with Gasteiger partial charge in [-0.05, 0) is 108 Å². The lowest BCUT2D eigenvalue weighted by molar-refractivity contribution is 0.430. The fraction of sp³-hybridized carbons (Fsp3) is 0.450. The molecule has 0 radical (unpaired) electrons. The van der Waals surface area contributed by atoms with Crippen LogP contribution in [0.1, 0.15) is 81.3 Å². The monoisotopic (exact) mass is 586 g/mol. The number of aryl methyl sites for hydroxylation is 6. The summed E-state index contributed by atoms with van der Waals surface area (Å²) in [5, 5.41) is 0. The van der Waals surface area contributed by atoms with Gasteiger partial charge in [0.25, 0.3) is 0 Å². The molecule has 2 aliphatic rings. The maximum Gasteiger partial charge on any atom is 0.230 e. The summed E-state index contributed by atoms with van der Waals surface area (Å²) in [7, 11) is 0. The van der Waals surface area contributed by atoms with Gasteiger partial charge in [0.1, 0.15) is 0 Å². The molecule has 0 nitrogen and oxygen atoms in total. The minimum absolute atomic E-state index is 0.346. The fourth-order valence-corrected chi connectivity index (χ4v) is 10.9. The van der Waals surface area contributed by atoms with E-state index in [0.29, 0.717) is 42.8 Å². The third-order valence-corrected chi connectivity index (χ3v) is 11.9. The maximum absolute atomic E-state index is 2.57. The van der Waals surface area contributed by atoms with Gasteiger partial charge in [0.2, 0.25) is 13.4 Å². The van der Waals surface area contributed by atoms with E-state index < -0.39 is 0 Å². The zero-order valence-corrected chi connectivity index (χ0v) is 29.7. The average molecular weight is 587 g/mol. The molecule has 5 unspecified atom stereocenters. The molecule has 0 N–H and O–H groups in total. The van der Waals surface area contributed by atoms with Crippen molar-refractivity contribution < 1.29 is 0 Å². The van der Waals surface area contributed by atoms with E-state index in [1.54, 1.807) is 15.8 Å². The molecule has 0 bridgehead atoms. The SMILES string of the molecule is CC1=CC(C)C(B(c2ccc(B(c3c(C)cc(C)cc3C)C3C(C)C=C(C)CC3C)s2)c2c(C)cc(C)cc2C)C(C)=C1. The lowest BCUT2D eigenvalue weighted by Crippen LogP contribution is -2.52. The van der Waals surface area contributed by atoms with Gasteiger partial charge in [-0.1, -0.05) is 136 Å². The Hall–Kier alpha value is -2.51. The van der Waals surface area contributed by atoms with E-state index in [9.17, 15) is 0 Å². The Bertz CT molecular complexity index is 1570. The molecule has 0 fully saturated rings. The summed E-state index contributed by atoms with van der Waals surface area (Å²) >= 11 is 2.11.